The second-order valence-corrected chi connectivity index (χ2v) is 7.77. The summed E-state index contributed by atoms with van der Waals surface area (Å²) in [7, 11) is -3.36. The average Bonchev–Trinajstić information content (AvgIpc) is 2.40. The average molecular weight is 372 g/mol. The van der Waals surface area contributed by atoms with Gasteiger partial charge in [0.2, 0.25) is 0 Å². The molecule has 0 saturated heterocycles. The van der Waals surface area contributed by atoms with Crippen LogP contribution in [0.2, 0.25) is 0 Å². The van der Waals surface area contributed by atoms with Crippen molar-refractivity contribution in [2.24, 2.45) is 0 Å². The SMILES string of the molecule is CC(Nc1cc(S(C)(=O)=O)ccc1F)c1cccc(Br)c1. The molecule has 0 bridgehead atoms. The van der Waals surface area contributed by atoms with Crippen molar-refractivity contribution < 1.29 is 12.8 Å². The van der Waals surface area contributed by atoms with Gasteiger partial charge in [-0.2, -0.15) is 0 Å². The number of halogens is 2. The maximum atomic E-state index is 13.8. The van der Waals surface area contributed by atoms with E-state index in [2.05, 4.69) is 21.2 Å². The highest BCUT2D eigenvalue weighted by molar-refractivity contribution is 9.10. The zero-order valence-corrected chi connectivity index (χ0v) is 14.0. The fourth-order valence-electron chi connectivity index (χ4n) is 1.94. The van der Waals surface area contributed by atoms with Crippen LogP contribution in [-0.4, -0.2) is 14.7 Å². The van der Waals surface area contributed by atoms with E-state index in [0.29, 0.717) is 0 Å². The minimum absolute atomic E-state index is 0.0906. The van der Waals surface area contributed by atoms with Gasteiger partial charge in [-0.1, -0.05) is 28.1 Å². The number of hydrogen-bond donors (Lipinski definition) is 1. The maximum absolute atomic E-state index is 13.8. The molecule has 1 N–H and O–H groups in total. The Morgan fingerprint density at radius 1 is 1.19 bits per heavy atom. The molecule has 0 heterocycles. The smallest absolute Gasteiger partial charge is 0.175 e. The van der Waals surface area contributed by atoms with Gasteiger partial charge in [-0.25, -0.2) is 12.8 Å². The summed E-state index contributed by atoms with van der Waals surface area (Å²) >= 11 is 3.39. The molecule has 0 aliphatic heterocycles. The van der Waals surface area contributed by atoms with Crippen LogP contribution in [0.3, 0.4) is 0 Å². The first kappa shape index (κ1) is 16.0. The molecule has 0 fully saturated rings. The lowest BCUT2D eigenvalue weighted by Crippen LogP contribution is -2.09. The molecule has 0 aromatic heterocycles. The summed E-state index contributed by atoms with van der Waals surface area (Å²) in [5.41, 5.74) is 1.14. The molecule has 0 amide bonds. The van der Waals surface area contributed by atoms with Crippen molar-refractivity contribution in [1.29, 1.82) is 0 Å². The molecule has 0 radical (unpaired) electrons. The Morgan fingerprint density at radius 3 is 2.52 bits per heavy atom. The van der Waals surface area contributed by atoms with Gasteiger partial charge in [-0.05, 0) is 42.8 Å². The van der Waals surface area contributed by atoms with Crippen molar-refractivity contribution in [3.63, 3.8) is 0 Å². The first-order chi connectivity index (χ1) is 9.77. The molecule has 0 aliphatic carbocycles. The number of hydrogen-bond acceptors (Lipinski definition) is 3. The van der Waals surface area contributed by atoms with Gasteiger partial charge in [0.05, 0.1) is 10.6 Å². The molecule has 1 unspecified atom stereocenters. The summed E-state index contributed by atoms with van der Waals surface area (Å²) in [6, 6.07) is 11.2. The lowest BCUT2D eigenvalue weighted by atomic mass is 10.1. The Hall–Kier alpha value is -1.40. The Labute approximate surface area is 132 Å². The Bertz CT molecular complexity index is 762. The molecular formula is C15H15BrFNO2S. The van der Waals surface area contributed by atoms with Crippen LogP contribution in [0.5, 0.6) is 0 Å². The number of anilines is 1. The quantitative estimate of drug-likeness (QED) is 0.820. The van der Waals surface area contributed by atoms with E-state index in [1.165, 1.54) is 12.1 Å². The molecule has 112 valence electrons. The fourth-order valence-corrected chi connectivity index (χ4v) is 3.00. The highest BCUT2D eigenvalue weighted by Crippen LogP contribution is 2.25. The van der Waals surface area contributed by atoms with Crippen molar-refractivity contribution >= 4 is 31.5 Å². The van der Waals surface area contributed by atoms with Crippen molar-refractivity contribution in [2.45, 2.75) is 17.9 Å². The van der Waals surface area contributed by atoms with Gasteiger partial charge in [-0.3, -0.25) is 0 Å². The molecule has 0 aliphatic rings. The van der Waals surface area contributed by atoms with Crippen LogP contribution in [0.25, 0.3) is 0 Å². The molecule has 21 heavy (non-hydrogen) atoms. The number of sulfone groups is 1. The van der Waals surface area contributed by atoms with Crippen molar-refractivity contribution in [1.82, 2.24) is 0 Å². The van der Waals surface area contributed by atoms with E-state index >= 15 is 0 Å². The largest absolute Gasteiger partial charge is 0.376 e. The van der Waals surface area contributed by atoms with Crippen LogP contribution in [0.15, 0.2) is 51.8 Å². The van der Waals surface area contributed by atoms with Crippen molar-refractivity contribution in [2.75, 3.05) is 11.6 Å². The zero-order chi connectivity index (χ0) is 15.6. The molecule has 3 nitrogen and oxygen atoms in total. The minimum atomic E-state index is -3.36. The maximum Gasteiger partial charge on any atom is 0.175 e. The normalized spacial score (nSPS) is 13.0. The van der Waals surface area contributed by atoms with Gasteiger partial charge < -0.3 is 5.32 Å². The highest BCUT2D eigenvalue weighted by atomic mass is 79.9. The summed E-state index contributed by atoms with van der Waals surface area (Å²) < 4.78 is 37.9. The van der Waals surface area contributed by atoms with Crippen LogP contribution in [-0.2, 0) is 9.84 Å². The van der Waals surface area contributed by atoms with Crippen LogP contribution in [0, 0.1) is 5.82 Å². The number of rotatable bonds is 4. The molecule has 0 spiro atoms. The van der Waals surface area contributed by atoms with E-state index in [1.54, 1.807) is 0 Å². The first-order valence-electron chi connectivity index (χ1n) is 6.29. The van der Waals surface area contributed by atoms with Crippen LogP contribution >= 0.6 is 15.9 Å². The van der Waals surface area contributed by atoms with Gasteiger partial charge in [-0.15, -0.1) is 0 Å². The summed E-state index contributed by atoms with van der Waals surface area (Å²) in [5, 5.41) is 3.01. The Morgan fingerprint density at radius 2 is 1.90 bits per heavy atom. The summed E-state index contributed by atoms with van der Waals surface area (Å²) in [6.45, 7) is 1.88. The van der Waals surface area contributed by atoms with Gasteiger partial charge in [0.1, 0.15) is 5.82 Å². The first-order valence-corrected chi connectivity index (χ1v) is 8.97. The van der Waals surface area contributed by atoms with E-state index in [4.69, 9.17) is 0 Å². The number of benzene rings is 2. The lowest BCUT2D eigenvalue weighted by Gasteiger charge is -2.17. The van der Waals surface area contributed by atoms with Crippen LogP contribution in [0.1, 0.15) is 18.5 Å². The second kappa shape index (κ2) is 6.15. The summed E-state index contributed by atoms with van der Waals surface area (Å²) in [4.78, 5) is 0.0906. The molecule has 2 rings (SSSR count). The van der Waals surface area contributed by atoms with Gasteiger partial charge >= 0.3 is 0 Å². The zero-order valence-electron chi connectivity index (χ0n) is 11.6. The lowest BCUT2D eigenvalue weighted by molar-refractivity contribution is 0.600. The third-order valence-electron chi connectivity index (χ3n) is 3.09. The molecule has 2 aromatic carbocycles. The Balaban J connectivity index is 2.31. The number of nitrogens with one attached hydrogen (secondary N) is 1. The monoisotopic (exact) mass is 371 g/mol. The summed E-state index contributed by atoms with van der Waals surface area (Å²) in [5.74, 6) is -0.482. The van der Waals surface area contributed by atoms with Gasteiger partial charge in [0.15, 0.2) is 9.84 Å². The predicted molar refractivity (Wildman–Crippen MR) is 85.7 cm³/mol. The van der Waals surface area contributed by atoms with Gasteiger partial charge in [0.25, 0.3) is 0 Å². The van der Waals surface area contributed by atoms with Gasteiger partial charge in [0, 0.05) is 16.8 Å². The van der Waals surface area contributed by atoms with E-state index in [0.717, 1.165) is 22.4 Å². The van der Waals surface area contributed by atoms with Crippen LogP contribution in [0.4, 0.5) is 10.1 Å². The highest BCUT2D eigenvalue weighted by Gasteiger charge is 2.13. The molecule has 2 aromatic rings. The van der Waals surface area contributed by atoms with E-state index in [9.17, 15) is 12.8 Å². The predicted octanol–water partition coefficient (Wildman–Crippen LogP) is 4.16. The second-order valence-electron chi connectivity index (χ2n) is 4.83. The topological polar surface area (TPSA) is 46.2 Å². The molecule has 6 heteroatoms. The van der Waals surface area contributed by atoms with Crippen molar-refractivity contribution in [3.05, 3.63) is 58.3 Å². The van der Waals surface area contributed by atoms with E-state index in [1.807, 2.05) is 31.2 Å². The third-order valence-corrected chi connectivity index (χ3v) is 4.69. The van der Waals surface area contributed by atoms with Crippen LogP contribution < -0.4 is 5.32 Å². The molecule has 0 saturated carbocycles. The van der Waals surface area contributed by atoms with E-state index < -0.39 is 15.7 Å². The van der Waals surface area contributed by atoms with E-state index in [-0.39, 0.29) is 16.6 Å². The fraction of sp³-hybridized carbons (Fsp3) is 0.200. The standard InChI is InChI=1S/C15H15BrFNO2S/c1-10(11-4-3-5-12(16)8-11)18-15-9-13(21(2,19)20)6-7-14(15)17/h3-10,18H,1-2H3. The molecule has 1 atom stereocenters. The Kier molecular flexibility index (Phi) is 4.68. The van der Waals surface area contributed by atoms with Crippen molar-refractivity contribution in [3.8, 4) is 0 Å². The minimum Gasteiger partial charge on any atom is -0.376 e. The molecular weight excluding hydrogens is 357 g/mol. The third kappa shape index (κ3) is 4.04. The summed E-state index contributed by atoms with van der Waals surface area (Å²) in [6.07, 6.45) is 1.10.